The van der Waals surface area contributed by atoms with E-state index in [1.807, 2.05) is 48.5 Å². The van der Waals surface area contributed by atoms with Gasteiger partial charge in [-0.15, -0.1) is 10.2 Å². The van der Waals surface area contributed by atoms with Crippen molar-refractivity contribution in [3.05, 3.63) is 57.5 Å². The first-order valence-corrected chi connectivity index (χ1v) is 10.1. The summed E-state index contributed by atoms with van der Waals surface area (Å²) in [6.07, 6.45) is 0. The maximum absolute atomic E-state index is 12.4. The normalized spacial score (nSPS) is 12.0. The van der Waals surface area contributed by atoms with E-state index in [4.69, 9.17) is 5.84 Å². The minimum Gasteiger partial charge on any atom is -0.335 e. The van der Waals surface area contributed by atoms with Crippen LogP contribution in [0.1, 0.15) is 6.92 Å². The van der Waals surface area contributed by atoms with Crippen LogP contribution in [0.3, 0.4) is 0 Å². The Morgan fingerprint density at radius 2 is 1.96 bits per heavy atom. The van der Waals surface area contributed by atoms with Crippen molar-refractivity contribution in [2.45, 2.75) is 17.3 Å². The van der Waals surface area contributed by atoms with Crippen molar-refractivity contribution < 1.29 is 4.79 Å². The van der Waals surface area contributed by atoms with Crippen LogP contribution in [0.4, 0.5) is 5.69 Å². The number of halogens is 2. The topological polar surface area (TPSA) is 85.8 Å². The molecule has 134 valence electrons. The molecule has 3 N–H and O–H groups in total. The summed E-state index contributed by atoms with van der Waals surface area (Å²) in [5.74, 6) is 6.52. The number of hydrogen-bond donors (Lipinski definition) is 2. The fraction of sp³-hybridized carbons (Fsp3) is 0.118. The summed E-state index contributed by atoms with van der Waals surface area (Å²) in [5, 5.41) is 11.2. The number of hydrogen-bond acceptors (Lipinski definition) is 5. The molecule has 0 aliphatic carbocycles. The minimum absolute atomic E-state index is 0.140. The van der Waals surface area contributed by atoms with Crippen LogP contribution in [-0.4, -0.2) is 26.0 Å². The van der Waals surface area contributed by atoms with E-state index in [1.165, 1.54) is 16.4 Å². The van der Waals surface area contributed by atoms with Crippen LogP contribution in [0.5, 0.6) is 0 Å². The number of rotatable bonds is 5. The standard InChI is InChI=1S/C17H15Br2N5OS/c1-10(16(25)21-12-6-4-5-11(18)9-12)26-17-23-22-15(24(17)20)13-7-2-3-8-14(13)19/h2-10H,20H2,1H3,(H,21,25). The van der Waals surface area contributed by atoms with E-state index < -0.39 is 5.25 Å². The Balaban J connectivity index is 1.73. The number of nitrogens with one attached hydrogen (secondary N) is 1. The molecule has 0 spiro atoms. The summed E-state index contributed by atoms with van der Waals surface area (Å²) in [7, 11) is 0. The smallest absolute Gasteiger partial charge is 0.237 e. The van der Waals surface area contributed by atoms with Crippen molar-refractivity contribution in [1.29, 1.82) is 0 Å². The van der Waals surface area contributed by atoms with Crippen molar-refractivity contribution in [3.8, 4) is 11.4 Å². The van der Waals surface area contributed by atoms with Gasteiger partial charge in [0.1, 0.15) is 0 Å². The second-order valence-electron chi connectivity index (χ2n) is 5.42. The summed E-state index contributed by atoms with van der Waals surface area (Å²) in [6, 6.07) is 15.0. The van der Waals surface area contributed by atoms with Crippen LogP contribution >= 0.6 is 43.6 Å². The quantitative estimate of drug-likeness (QED) is 0.406. The zero-order chi connectivity index (χ0) is 18.7. The largest absolute Gasteiger partial charge is 0.335 e. The van der Waals surface area contributed by atoms with E-state index in [9.17, 15) is 4.79 Å². The van der Waals surface area contributed by atoms with Crippen LogP contribution in [0.25, 0.3) is 11.4 Å². The molecule has 0 saturated heterocycles. The Kier molecular flexibility index (Phi) is 6.00. The highest BCUT2D eigenvalue weighted by Crippen LogP contribution is 2.29. The van der Waals surface area contributed by atoms with Gasteiger partial charge >= 0.3 is 0 Å². The van der Waals surface area contributed by atoms with Gasteiger partial charge in [0, 0.05) is 20.2 Å². The maximum Gasteiger partial charge on any atom is 0.237 e. The van der Waals surface area contributed by atoms with E-state index >= 15 is 0 Å². The first kappa shape index (κ1) is 18.9. The first-order valence-electron chi connectivity index (χ1n) is 7.64. The molecule has 1 amide bonds. The molecule has 3 aromatic rings. The number of nitrogen functional groups attached to an aromatic ring is 1. The molecule has 0 saturated carbocycles. The molecule has 26 heavy (non-hydrogen) atoms. The molecule has 0 aliphatic rings. The minimum atomic E-state index is -0.396. The molecule has 1 atom stereocenters. The Hall–Kier alpha value is -1.84. The lowest BCUT2D eigenvalue weighted by atomic mass is 10.2. The lowest BCUT2D eigenvalue weighted by Crippen LogP contribution is -2.23. The van der Waals surface area contributed by atoms with Crippen LogP contribution in [0, 0.1) is 0 Å². The van der Waals surface area contributed by atoms with Gasteiger partial charge in [-0.3, -0.25) is 4.79 Å². The fourth-order valence-corrected chi connectivity index (χ4v) is 3.84. The van der Waals surface area contributed by atoms with Gasteiger partial charge in [-0.1, -0.05) is 61.8 Å². The van der Waals surface area contributed by atoms with Gasteiger partial charge in [0.25, 0.3) is 0 Å². The lowest BCUT2D eigenvalue weighted by molar-refractivity contribution is -0.115. The number of nitrogens with two attached hydrogens (primary N) is 1. The number of anilines is 1. The van der Waals surface area contributed by atoms with Gasteiger partial charge in [0.05, 0.1) is 5.25 Å². The Labute approximate surface area is 171 Å². The lowest BCUT2D eigenvalue weighted by Gasteiger charge is -2.12. The van der Waals surface area contributed by atoms with E-state index in [1.54, 1.807) is 6.92 Å². The molecular weight excluding hydrogens is 482 g/mol. The number of carbonyl (C=O) groups is 1. The predicted octanol–water partition coefficient (Wildman–Crippen LogP) is 4.30. The number of aromatic nitrogens is 3. The van der Waals surface area contributed by atoms with Gasteiger partial charge < -0.3 is 11.2 Å². The third-order valence-electron chi connectivity index (χ3n) is 3.52. The van der Waals surface area contributed by atoms with E-state index in [0.29, 0.717) is 11.0 Å². The second-order valence-corrected chi connectivity index (χ2v) is 8.49. The van der Waals surface area contributed by atoms with E-state index in [-0.39, 0.29) is 5.91 Å². The second kappa shape index (κ2) is 8.24. The van der Waals surface area contributed by atoms with E-state index in [0.717, 1.165) is 20.2 Å². The van der Waals surface area contributed by atoms with Crippen LogP contribution < -0.4 is 11.2 Å². The predicted molar refractivity (Wildman–Crippen MR) is 111 cm³/mol. The summed E-state index contributed by atoms with van der Waals surface area (Å²) in [6.45, 7) is 1.80. The molecule has 0 aliphatic heterocycles. The van der Waals surface area contributed by atoms with Crippen molar-refractivity contribution in [2.75, 3.05) is 11.2 Å². The summed E-state index contributed by atoms with van der Waals surface area (Å²) in [4.78, 5) is 12.4. The SMILES string of the molecule is CC(Sc1nnc(-c2ccccc2Br)n1N)C(=O)Nc1cccc(Br)c1. The summed E-state index contributed by atoms with van der Waals surface area (Å²) in [5.41, 5.74) is 1.56. The molecule has 9 heteroatoms. The first-order chi connectivity index (χ1) is 12.5. The number of carbonyl (C=O) groups excluding carboxylic acids is 1. The molecule has 0 fully saturated rings. The van der Waals surface area contributed by atoms with Gasteiger partial charge in [0.15, 0.2) is 5.82 Å². The highest BCUT2D eigenvalue weighted by atomic mass is 79.9. The Bertz CT molecular complexity index is 946. The molecule has 1 unspecified atom stereocenters. The van der Waals surface area contributed by atoms with Gasteiger partial charge in [-0.25, -0.2) is 4.68 Å². The summed E-state index contributed by atoms with van der Waals surface area (Å²) >= 11 is 8.12. The van der Waals surface area contributed by atoms with Crippen LogP contribution in [0.2, 0.25) is 0 Å². The highest BCUT2D eigenvalue weighted by Gasteiger charge is 2.20. The Morgan fingerprint density at radius 3 is 2.69 bits per heavy atom. The number of benzene rings is 2. The van der Waals surface area contributed by atoms with Gasteiger partial charge in [0.2, 0.25) is 11.1 Å². The van der Waals surface area contributed by atoms with Crippen molar-refractivity contribution in [1.82, 2.24) is 14.9 Å². The Morgan fingerprint density at radius 1 is 1.19 bits per heavy atom. The molecule has 1 aromatic heterocycles. The monoisotopic (exact) mass is 495 g/mol. The van der Waals surface area contributed by atoms with Crippen molar-refractivity contribution in [3.63, 3.8) is 0 Å². The molecular formula is C17H15Br2N5OS. The number of thioether (sulfide) groups is 1. The van der Waals surface area contributed by atoms with Crippen molar-refractivity contribution in [2.24, 2.45) is 0 Å². The van der Waals surface area contributed by atoms with Gasteiger partial charge in [-0.2, -0.15) is 0 Å². The van der Waals surface area contributed by atoms with E-state index in [2.05, 4.69) is 47.4 Å². The van der Waals surface area contributed by atoms with Gasteiger partial charge in [-0.05, 0) is 37.3 Å². The molecule has 2 aromatic carbocycles. The average Bonchev–Trinajstić information content (AvgIpc) is 2.96. The fourth-order valence-electron chi connectivity index (χ4n) is 2.21. The third kappa shape index (κ3) is 4.28. The molecule has 3 rings (SSSR count). The molecule has 0 bridgehead atoms. The highest BCUT2D eigenvalue weighted by molar-refractivity contribution is 9.10. The molecule has 0 radical (unpaired) electrons. The molecule has 6 nitrogen and oxygen atoms in total. The maximum atomic E-state index is 12.4. The van der Waals surface area contributed by atoms with Crippen LogP contribution in [0.15, 0.2) is 62.6 Å². The third-order valence-corrected chi connectivity index (χ3v) is 5.76. The number of nitrogens with zero attached hydrogens (tertiary/aromatic N) is 3. The van der Waals surface area contributed by atoms with Crippen LogP contribution in [-0.2, 0) is 4.79 Å². The zero-order valence-electron chi connectivity index (χ0n) is 13.7. The summed E-state index contributed by atoms with van der Waals surface area (Å²) < 4.78 is 3.17. The van der Waals surface area contributed by atoms with Crippen molar-refractivity contribution >= 4 is 55.2 Å². The zero-order valence-corrected chi connectivity index (χ0v) is 17.7. The number of amides is 1. The molecule has 1 heterocycles. The average molecular weight is 497 g/mol.